The van der Waals surface area contributed by atoms with Crippen LogP contribution in [0.3, 0.4) is 0 Å². The van der Waals surface area contributed by atoms with E-state index in [1.54, 1.807) is 0 Å². The van der Waals surface area contributed by atoms with Gasteiger partial charge in [-0.25, -0.2) is 0 Å². The van der Waals surface area contributed by atoms with Gasteiger partial charge in [0.25, 0.3) is 0 Å². The molecule has 0 saturated carbocycles. The van der Waals surface area contributed by atoms with E-state index in [1.165, 1.54) is 5.56 Å². The van der Waals surface area contributed by atoms with Gasteiger partial charge in [-0.3, -0.25) is 4.79 Å². The van der Waals surface area contributed by atoms with E-state index in [4.69, 9.17) is 9.84 Å². The number of aryl methyl sites for hydroxylation is 1. The minimum absolute atomic E-state index is 0.214. The van der Waals surface area contributed by atoms with E-state index in [2.05, 4.69) is 5.32 Å². The topological polar surface area (TPSA) is 58.6 Å². The summed E-state index contributed by atoms with van der Waals surface area (Å²) in [4.78, 5) is 10.2. The van der Waals surface area contributed by atoms with E-state index in [0.29, 0.717) is 19.6 Å². The third kappa shape index (κ3) is 6.58. The summed E-state index contributed by atoms with van der Waals surface area (Å²) >= 11 is 0. The third-order valence-electron chi connectivity index (χ3n) is 2.31. The fourth-order valence-corrected chi connectivity index (χ4v) is 1.37. The molecule has 0 fully saturated rings. The van der Waals surface area contributed by atoms with Crippen LogP contribution < -0.4 is 10.1 Å². The Kier molecular flexibility index (Phi) is 6.10. The van der Waals surface area contributed by atoms with Crippen molar-refractivity contribution in [2.75, 3.05) is 19.7 Å². The summed E-state index contributed by atoms with van der Waals surface area (Å²) in [6, 6.07) is 7.91. The first-order valence-corrected chi connectivity index (χ1v) is 5.80. The maximum atomic E-state index is 10.2. The molecule has 1 rings (SSSR count). The SMILES string of the molecule is Cc1ccc(OCCNCCCC(=O)O)cc1. The first-order chi connectivity index (χ1) is 8.18. The molecule has 1 aromatic carbocycles. The molecular weight excluding hydrogens is 218 g/mol. The Morgan fingerprint density at radius 3 is 2.65 bits per heavy atom. The molecule has 0 saturated heterocycles. The van der Waals surface area contributed by atoms with Crippen molar-refractivity contribution < 1.29 is 14.6 Å². The Morgan fingerprint density at radius 2 is 2.00 bits per heavy atom. The quantitative estimate of drug-likeness (QED) is 0.677. The summed E-state index contributed by atoms with van der Waals surface area (Å²) in [5.41, 5.74) is 1.21. The number of rotatable bonds is 8. The van der Waals surface area contributed by atoms with Gasteiger partial charge in [0.1, 0.15) is 12.4 Å². The van der Waals surface area contributed by atoms with Crippen LogP contribution in [0, 0.1) is 6.92 Å². The first-order valence-electron chi connectivity index (χ1n) is 5.80. The van der Waals surface area contributed by atoms with E-state index < -0.39 is 5.97 Å². The summed E-state index contributed by atoms with van der Waals surface area (Å²) in [5, 5.41) is 11.6. The number of hydrogen-bond donors (Lipinski definition) is 2. The summed E-state index contributed by atoms with van der Waals surface area (Å²) in [5.74, 6) is 0.116. The van der Waals surface area contributed by atoms with Gasteiger partial charge in [-0.05, 0) is 32.0 Å². The highest BCUT2D eigenvalue weighted by Crippen LogP contribution is 2.10. The molecule has 1 aromatic rings. The van der Waals surface area contributed by atoms with Gasteiger partial charge in [-0.15, -0.1) is 0 Å². The highest BCUT2D eigenvalue weighted by Gasteiger charge is 1.96. The lowest BCUT2D eigenvalue weighted by Crippen LogP contribution is -2.22. The molecule has 0 unspecified atom stereocenters. The molecule has 0 amide bonds. The number of nitrogens with one attached hydrogen (secondary N) is 1. The lowest BCUT2D eigenvalue weighted by atomic mass is 10.2. The maximum Gasteiger partial charge on any atom is 0.303 e. The van der Waals surface area contributed by atoms with Crippen molar-refractivity contribution >= 4 is 5.97 Å². The molecule has 0 aromatic heterocycles. The van der Waals surface area contributed by atoms with E-state index in [-0.39, 0.29) is 6.42 Å². The second-order valence-electron chi connectivity index (χ2n) is 3.91. The molecule has 0 bridgehead atoms. The van der Waals surface area contributed by atoms with Gasteiger partial charge in [-0.2, -0.15) is 0 Å². The zero-order chi connectivity index (χ0) is 12.5. The number of hydrogen-bond acceptors (Lipinski definition) is 3. The molecular formula is C13H19NO3. The van der Waals surface area contributed by atoms with Gasteiger partial charge in [0.2, 0.25) is 0 Å². The zero-order valence-electron chi connectivity index (χ0n) is 10.1. The Labute approximate surface area is 102 Å². The fraction of sp³-hybridized carbons (Fsp3) is 0.462. The van der Waals surface area contributed by atoms with Crippen LogP contribution >= 0.6 is 0 Å². The molecule has 0 atom stereocenters. The van der Waals surface area contributed by atoms with Gasteiger partial charge in [0, 0.05) is 13.0 Å². The lowest BCUT2D eigenvalue weighted by molar-refractivity contribution is -0.137. The number of ether oxygens (including phenoxy) is 1. The molecule has 4 nitrogen and oxygen atoms in total. The highest BCUT2D eigenvalue weighted by atomic mass is 16.5. The van der Waals surface area contributed by atoms with Crippen molar-refractivity contribution in [3.8, 4) is 5.75 Å². The molecule has 0 aliphatic carbocycles. The molecule has 0 spiro atoms. The smallest absolute Gasteiger partial charge is 0.303 e. The predicted octanol–water partition coefficient (Wildman–Crippen LogP) is 1.83. The highest BCUT2D eigenvalue weighted by molar-refractivity contribution is 5.66. The van der Waals surface area contributed by atoms with Crippen LogP contribution in [-0.2, 0) is 4.79 Å². The monoisotopic (exact) mass is 237 g/mol. The summed E-state index contributed by atoms with van der Waals surface area (Å²) < 4.78 is 5.51. The minimum Gasteiger partial charge on any atom is -0.492 e. The van der Waals surface area contributed by atoms with Crippen LogP contribution in [0.25, 0.3) is 0 Å². The van der Waals surface area contributed by atoms with Crippen molar-refractivity contribution in [2.24, 2.45) is 0 Å². The molecule has 2 N–H and O–H groups in total. The second kappa shape index (κ2) is 7.68. The van der Waals surface area contributed by atoms with Crippen molar-refractivity contribution in [2.45, 2.75) is 19.8 Å². The van der Waals surface area contributed by atoms with Gasteiger partial charge in [-0.1, -0.05) is 17.7 Å². The molecule has 17 heavy (non-hydrogen) atoms. The van der Waals surface area contributed by atoms with Crippen molar-refractivity contribution in [1.29, 1.82) is 0 Å². The van der Waals surface area contributed by atoms with Crippen LogP contribution in [0.1, 0.15) is 18.4 Å². The molecule has 0 heterocycles. The van der Waals surface area contributed by atoms with Crippen LogP contribution in [0.15, 0.2) is 24.3 Å². The van der Waals surface area contributed by atoms with E-state index in [0.717, 1.165) is 12.3 Å². The maximum absolute atomic E-state index is 10.2. The number of carboxylic acids is 1. The number of aliphatic carboxylic acids is 1. The van der Waals surface area contributed by atoms with Gasteiger partial charge in [0.15, 0.2) is 0 Å². The molecule has 0 aliphatic heterocycles. The molecule has 0 aliphatic rings. The van der Waals surface area contributed by atoms with Gasteiger partial charge in [0.05, 0.1) is 0 Å². The number of benzene rings is 1. The Hall–Kier alpha value is -1.55. The van der Waals surface area contributed by atoms with Gasteiger partial charge >= 0.3 is 5.97 Å². The van der Waals surface area contributed by atoms with Crippen LogP contribution in [0.5, 0.6) is 5.75 Å². The minimum atomic E-state index is -0.747. The van der Waals surface area contributed by atoms with E-state index >= 15 is 0 Å². The third-order valence-corrected chi connectivity index (χ3v) is 2.31. The molecule has 0 radical (unpaired) electrons. The predicted molar refractivity (Wildman–Crippen MR) is 66.4 cm³/mol. The van der Waals surface area contributed by atoms with E-state index in [9.17, 15) is 4.79 Å². The Morgan fingerprint density at radius 1 is 1.29 bits per heavy atom. The van der Waals surface area contributed by atoms with Crippen LogP contribution in [0.2, 0.25) is 0 Å². The van der Waals surface area contributed by atoms with Gasteiger partial charge < -0.3 is 15.2 Å². The largest absolute Gasteiger partial charge is 0.492 e. The average molecular weight is 237 g/mol. The number of carbonyl (C=O) groups is 1. The Bertz CT molecular complexity index is 335. The normalized spacial score (nSPS) is 10.2. The lowest BCUT2D eigenvalue weighted by Gasteiger charge is -2.07. The zero-order valence-corrected chi connectivity index (χ0v) is 10.1. The van der Waals surface area contributed by atoms with Crippen molar-refractivity contribution in [1.82, 2.24) is 5.32 Å². The molecule has 94 valence electrons. The Balaban J connectivity index is 2.01. The van der Waals surface area contributed by atoms with E-state index in [1.807, 2.05) is 31.2 Å². The van der Waals surface area contributed by atoms with Crippen molar-refractivity contribution in [3.63, 3.8) is 0 Å². The summed E-state index contributed by atoms with van der Waals surface area (Å²) in [6.45, 7) is 4.07. The van der Waals surface area contributed by atoms with Crippen LogP contribution in [-0.4, -0.2) is 30.8 Å². The summed E-state index contributed by atoms with van der Waals surface area (Å²) in [6.07, 6.45) is 0.867. The average Bonchev–Trinajstić information content (AvgIpc) is 2.30. The number of carboxylic acid groups (broad SMARTS) is 1. The summed E-state index contributed by atoms with van der Waals surface area (Å²) in [7, 11) is 0. The van der Waals surface area contributed by atoms with Crippen molar-refractivity contribution in [3.05, 3.63) is 29.8 Å². The first kappa shape index (κ1) is 13.5. The standard InChI is InChI=1S/C13H19NO3/c1-11-4-6-12(7-5-11)17-10-9-14-8-2-3-13(15)16/h4-7,14H,2-3,8-10H2,1H3,(H,15,16). The fourth-order valence-electron chi connectivity index (χ4n) is 1.37. The molecule has 4 heteroatoms. The van der Waals surface area contributed by atoms with Crippen LogP contribution in [0.4, 0.5) is 0 Å². The second-order valence-corrected chi connectivity index (χ2v) is 3.91.